The molecule has 0 bridgehead atoms. The number of urea groups is 1. The lowest BCUT2D eigenvalue weighted by Gasteiger charge is -2.40. The number of amides is 2. The molecule has 0 saturated carbocycles. The first kappa shape index (κ1) is 18.1. The van der Waals surface area contributed by atoms with Gasteiger partial charge in [-0.05, 0) is 54.5 Å². The zero-order valence-electron chi connectivity index (χ0n) is 14.4. The van der Waals surface area contributed by atoms with Crippen molar-refractivity contribution in [1.82, 2.24) is 9.80 Å². The van der Waals surface area contributed by atoms with E-state index in [0.717, 1.165) is 45.4 Å². The molecule has 2 amide bonds. The van der Waals surface area contributed by atoms with Gasteiger partial charge in [-0.3, -0.25) is 4.90 Å². The van der Waals surface area contributed by atoms with Crippen molar-refractivity contribution in [3.8, 4) is 0 Å². The zero-order valence-corrected chi connectivity index (χ0v) is 16.7. The molecule has 0 atom stereocenters. The van der Waals surface area contributed by atoms with Crippen molar-refractivity contribution >= 4 is 46.3 Å². The first-order chi connectivity index (χ1) is 12.6. The van der Waals surface area contributed by atoms with Gasteiger partial charge in [-0.25, -0.2) is 4.79 Å². The van der Waals surface area contributed by atoms with E-state index in [2.05, 4.69) is 21.7 Å². The molecular weight excluding hydrogens is 389 g/mol. The molecule has 26 heavy (non-hydrogen) atoms. The monoisotopic (exact) mass is 409 g/mol. The van der Waals surface area contributed by atoms with E-state index in [1.54, 1.807) is 23.1 Å². The minimum Gasteiger partial charge on any atom is -0.324 e. The lowest BCUT2D eigenvalue weighted by atomic mass is 10.00. The molecule has 3 heterocycles. The van der Waals surface area contributed by atoms with Crippen LogP contribution in [0.1, 0.15) is 23.3 Å². The van der Waals surface area contributed by atoms with Gasteiger partial charge < -0.3 is 10.2 Å². The summed E-state index contributed by atoms with van der Waals surface area (Å²) < 4.78 is 0. The molecule has 1 N–H and O–H groups in total. The van der Waals surface area contributed by atoms with Crippen LogP contribution in [-0.2, 0) is 13.0 Å². The highest BCUT2D eigenvalue weighted by atomic mass is 35.5. The number of piperidine rings is 1. The number of rotatable bonds is 2. The van der Waals surface area contributed by atoms with E-state index in [1.807, 2.05) is 16.2 Å². The molecule has 1 aromatic heterocycles. The van der Waals surface area contributed by atoms with Gasteiger partial charge in [-0.2, -0.15) is 0 Å². The van der Waals surface area contributed by atoms with Gasteiger partial charge in [-0.1, -0.05) is 23.2 Å². The van der Waals surface area contributed by atoms with Crippen LogP contribution in [0, 0.1) is 0 Å². The van der Waals surface area contributed by atoms with Crippen LogP contribution in [0.5, 0.6) is 0 Å². The van der Waals surface area contributed by atoms with E-state index >= 15 is 0 Å². The van der Waals surface area contributed by atoms with Crippen molar-refractivity contribution in [1.29, 1.82) is 0 Å². The highest BCUT2D eigenvalue weighted by Gasteiger charge is 2.29. The van der Waals surface area contributed by atoms with Gasteiger partial charge in [-0.15, -0.1) is 11.3 Å². The molecule has 2 aromatic rings. The molecule has 2 aliphatic rings. The van der Waals surface area contributed by atoms with Gasteiger partial charge in [0.15, 0.2) is 0 Å². The van der Waals surface area contributed by atoms with Crippen LogP contribution in [0.25, 0.3) is 0 Å². The predicted molar refractivity (Wildman–Crippen MR) is 109 cm³/mol. The molecule has 1 fully saturated rings. The fourth-order valence-corrected chi connectivity index (χ4v) is 4.98. The summed E-state index contributed by atoms with van der Waals surface area (Å²) in [6.45, 7) is 3.75. The third kappa shape index (κ3) is 3.86. The molecule has 1 saturated heterocycles. The number of anilines is 1. The summed E-state index contributed by atoms with van der Waals surface area (Å²) in [7, 11) is 0. The summed E-state index contributed by atoms with van der Waals surface area (Å²) in [5, 5.41) is 6.05. The predicted octanol–water partition coefficient (Wildman–Crippen LogP) is 5.11. The lowest BCUT2D eigenvalue weighted by molar-refractivity contribution is 0.111. The van der Waals surface area contributed by atoms with E-state index in [-0.39, 0.29) is 6.03 Å². The summed E-state index contributed by atoms with van der Waals surface area (Å²) >= 11 is 13.8. The third-order valence-corrected chi connectivity index (χ3v) is 7.04. The Kier molecular flexibility index (Phi) is 5.41. The molecule has 0 aliphatic carbocycles. The number of benzene rings is 1. The van der Waals surface area contributed by atoms with Gasteiger partial charge >= 0.3 is 6.03 Å². The van der Waals surface area contributed by atoms with Crippen LogP contribution in [0.2, 0.25) is 10.0 Å². The van der Waals surface area contributed by atoms with Crippen LogP contribution in [-0.4, -0.2) is 41.5 Å². The molecule has 7 heteroatoms. The fourth-order valence-electron chi connectivity index (χ4n) is 3.79. The van der Waals surface area contributed by atoms with Crippen LogP contribution in [0.15, 0.2) is 29.6 Å². The number of nitrogens with one attached hydrogen (secondary N) is 1. The van der Waals surface area contributed by atoms with Gasteiger partial charge in [0, 0.05) is 42.8 Å². The van der Waals surface area contributed by atoms with E-state index in [1.165, 1.54) is 5.56 Å². The Balaban J connectivity index is 1.30. The van der Waals surface area contributed by atoms with Crippen molar-refractivity contribution in [3.63, 3.8) is 0 Å². The number of likely N-dealkylation sites (tertiary alicyclic amines) is 1. The highest BCUT2D eigenvalue weighted by molar-refractivity contribution is 7.10. The Morgan fingerprint density at radius 2 is 1.92 bits per heavy atom. The largest absolute Gasteiger partial charge is 0.324 e. The van der Waals surface area contributed by atoms with Crippen molar-refractivity contribution in [2.45, 2.75) is 31.8 Å². The number of nitrogens with zero attached hydrogens (tertiary/aromatic N) is 2. The summed E-state index contributed by atoms with van der Waals surface area (Å²) in [4.78, 5) is 18.5. The molecule has 138 valence electrons. The van der Waals surface area contributed by atoms with Crippen LogP contribution in [0.4, 0.5) is 10.5 Å². The van der Waals surface area contributed by atoms with Crippen LogP contribution >= 0.6 is 34.5 Å². The van der Waals surface area contributed by atoms with Gasteiger partial charge in [0.05, 0.1) is 10.0 Å². The zero-order chi connectivity index (χ0) is 18.1. The summed E-state index contributed by atoms with van der Waals surface area (Å²) in [6.07, 6.45) is 3.20. The van der Waals surface area contributed by atoms with E-state index in [0.29, 0.717) is 21.8 Å². The number of hydrogen-bond donors (Lipinski definition) is 1. The molecule has 4 nitrogen and oxygen atoms in total. The summed E-state index contributed by atoms with van der Waals surface area (Å²) in [6, 6.07) is 7.90. The number of hydrogen-bond acceptors (Lipinski definition) is 3. The van der Waals surface area contributed by atoms with Crippen molar-refractivity contribution in [2.75, 3.05) is 25.0 Å². The SMILES string of the molecule is O=C(Nc1ccc(Cl)c(Cl)c1)N1CCC(N2CCc3sccc3C2)CC1. The molecule has 0 spiro atoms. The van der Waals surface area contributed by atoms with Crippen LogP contribution in [0.3, 0.4) is 0 Å². The molecular formula is C19H21Cl2N3OS. The van der Waals surface area contributed by atoms with Gasteiger partial charge in [0.1, 0.15) is 0 Å². The summed E-state index contributed by atoms with van der Waals surface area (Å²) in [5.41, 5.74) is 2.16. The van der Waals surface area contributed by atoms with Gasteiger partial charge in [0.2, 0.25) is 0 Å². The average Bonchev–Trinajstić information content (AvgIpc) is 3.12. The molecule has 0 unspecified atom stereocenters. The Morgan fingerprint density at radius 1 is 1.12 bits per heavy atom. The second-order valence-electron chi connectivity index (χ2n) is 6.87. The van der Waals surface area contributed by atoms with Crippen LogP contribution < -0.4 is 5.32 Å². The maximum Gasteiger partial charge on any atom is 0.321 e. The minimum atomic E-state index is -0.0689. The molecule has 2 aliphatic heterocycles. The Morgan fingerprint density at radius 3 is 2.69 bits per heavy atom. The number of thiophene rings is 1. The quantitative estimate of drug-likeness (QED) is 0.747. The van der Waals surface area contributed by atoms with E-state index in [4.69, 9.17) is 23.2 Å². The molecule has 0 radical (unpaired) electrons. The number of fused-ring (bicyclic) bond motifs is 1. The highest BCUT2D eigenvalue weighted by Crippen LogP contribution is 2.29. The van der Waals surface area contributed by atoms with Crippen molar-refractivity contribution in [3.05, 3.63) is 50.1 Å². The Bertz CT molecular complexity index is 802. The Labute approximate surface area is 167 Å². The lowest BCUT2D eigenvalue weighted by Crippen LogP contribution is -2.48. The smallest absolute Gasteiger partial charge is 0.321 e. The standard InChI is InChI=1S/C19H21Cl2N3OS/c20-16-2-1-14(11-17(16)21)22-19(25)23-7-3-15(4-8-23)24-9-5-18-13(12-24)6-10-26-18/h1-2,6,10-11,15H,3-5,7-9,12H2,(H,22,25). The van der Waals surface area contributed by atoms with E-state index < -0.39 is 0 Å². The van der Waals surface area contributed by atoms with E-state index in [9.17, 15) is 4.79 Å². The first-order valence-electron chi connectivity index (χ1n) is 8.90. The second-order valence-corrected chi connectivity index (χ2v) is 8.68. The maximum absolute atomic E-state index is 12.5. The topological polar surface area (TPSA) is 35.6 Å². The summed E-state index contributed by atoms with van der Waals surface area (Å²) in [5.74, 6) is 0. The number of halogens is 2. The third-order valence-electron chi connectivity index (χ3n) is 5.28. The van der Waals surface area contributed by atoms with Crippen molar-refractivity contribution in [2.24, 2.45) is 0 Å². The normalized spacial score (nSPS) is 18.6. The average molecular weight is 410 g/mol. The first-order valence-corrected chi connectivity index (χ1v) is 10.5. The second kappa shape index (κ2) is 7.77. The number of carbonyl (C=O) groups excluding carboxylic acids is 1. The van der Waals surface area contributed by atoms with Gasteiger partial charge in [0.25, 0.3) is 0 Å². The van der Waals surface area contributed by atoms with Crippen molar-refractivity contribution < 1.29 is 4.79 Å². The fraction of sp³-hybridized carbons (Fsp3) is 0.421. The maximum atomic E-state index is 12.5. The minimum absolute atomic E-state index is 0.0689. The Hall–Kier alpha value is -1.27. The number of carbonyl (C=O) groups is 1. The molecule has 1 aromatic carbocycles. The molecule has 4 rings (SSSR count).